The second kappa shape index (κ2) is 11.6. The summed E-state index contributed by atoms with van der Waals surface area (Å²) in [5.74, 6) is 0.889. The Labute approximate surface area is 140 Å². The standard InChI is InChI=1S/C14H29N3O2.HI/c1-15-13(16-9-5-10-18-2)17-12-14(6-4-7-14)8-11-19-3;/h4-12H2,1-3H3,(H2,15,16,17);1H. The Balaban J connectivity index is 0.00000361. The predicted molar refractivity (Wildman–Crippen MR) is 94.0 cm³/mol. The van der Waals surface area contributed by atoms with Crippen LogP contribution in [0.15, 0.2) is 4.99 Å². The third-order valence-electron chi connectivity index (χ3n) is 3.92. The molecule has 0 bridgehead atoms. The smallest absolute Gasteiger partial charge is 0.190 e. The van der Waals surface area contributed by atoms with Crippen molar-refractivity contribution < 1.29 is 9.47 Å². The van der Waals surface area contributed by atoms with Crippen LogP contribution in [0.1, 0.15) is 32.1 Å². The molecule has 2 N–H and O–H groups in total. The Morgan fingerprint density at radius 1 is 1.15 bits per heavy atom. The van der Waals surface area contributed by atoms with Gasteiger partial charge in [0.05, 0.1) is 0 Å². The Morgan fingerprint density at radius 2 is 1.85 bits per heavy atom. The van der Waals surface area contributed by atoms with E-state index in [-0.39, 0.29) is 24.0 Å². The van der Waals surface area contributed by atoms with Gasteiger partial charge in [-0.2, -0.15) is 0 Å². The van der Waals surface area contributed by atoms with E-state index in [1.54, 1.807) is 14.2 Å². The number of rotatable bonds is 9. The summed E-state index contributed by atoms with van der Waals surface area (Å²) in [7, 11) is 5.31. The minimum atomic E-state index is 0. The summed E-state index contributed by atoms with van der Waals surface area (Å²) in [6, 6.07) is 0. The van der Waals surface area contributed by atoms with Crippen molar-refractivity contribution in [1.29, 1.82) is 0 Å². The Kier molecular flexibility index (Phi) is 11.5. The topological polar surface area (TPSA) is 54.9 Å². The van der Waals surface area contributed by atoms with Crippen molar-refractivity contribution in [2.24, 2.45) is 10.4 Å². The fraction of sp³-hybridized carbons (Fsp3) is 0.929. The second-order valence-electron chi connectivity index (χ2n) is 5.30. The SMILES string of the molecule is CN=C(NCCCOC)NCC1(CCOC)CCC1.I. The molecule has 0 amide bonds. The van der Waals surface area contributed by atoms with E-state index >= 15 is 0 Å². The molecule has 1 saturated carbocycles. The molecule has 120 valence electrons. The number of nitrogens with one attached hydrogen (secondary N) is 2. The Bertz CT molecular complexity index is 271. The zero-order valence-electron chi connectivity index (χ0n) is 13.0. The van der Waals surface area contributed by atoms with Crippen molar-refractivity contribution in [3.63, 3.8) is 0 Å². The molecule has 1 aliphatic carbocycles. The quantitative estimate of drug-likeness (QED) is 0.270. The first-order valence-electron chi connectivity index (χ1n) is 7.19. The van der Waals surface area contributed by atoms with Crippen molar-refractivity contribution in [3.05, 3.63) is 0 Å². The summed E-state index contributed by atoms with van der Waals surface area (Å²) < 4.78 is 10.2. The molecule has 0 spiro atoms. The molecular formula is C14H30IN3O2. The van der Waals surface area contributed by atoms with Crippen LogP contribution in [0.5, 0.6) is 0 Å². The maximum absolute atomic E-state index is 5.21. The van der Waals surface area contributed by atoms with Crippen LogP contribution in [-0.2, 0) is 9.47 Å². The van der Waals surface area contributed by atoms with Crippen LogP contribution in [-0.4, -0.2) is 53.5 Å². The second-order valence-corrected chi connectivity index (χ2v) is 5.30. The predicted octanol–water partition coefficient (Wildman–Crippen LogP) is 2.01. The highest BCUT2D eigenvalue weighted by atomic mass is 127. The maximum atomic E-state index is 5.21. The van der Waals surface area contributed by atoms with Gasteiger partial charge in [0.2, 0.25) is 0 Å². The van der Waals surface area contributed by atoms with E-state index in [9.17, 15) is 0 Å². The van der Waals surface area contributed by atoms with E-state index < -0.39 is 0 Å². The molecule has 1 aliphatic rings. The minimum absolute atomic E-state index is 0. The number of nitrogens with zero attached hydrogens (tertiary/aromatic N) is 1. The average Bonchev–Trinajstić information content (AvgIpc) is 2.39. The lowest BCUT2D eigenvalue weighted by molar-refractivity contribution is 0.0732. The van der Waals surface area contributed by atoms with Crippen LogP contribution in [0.3, 0.4) is 0 Å². The number of guanidine groups is 1. The number of ether oxygens (including phenoxy) is 2. The van der Waals surface area contributed by atoms with Gasteiger partial charge in [-0.05, 0) is 31.1 Å². The zero-order chi connectivity index (χ0) is 14.0. The molecular weight excluding hydrogens is 369 g/mol. The van der Waals surface area contributed by atoms with Gasteiger partial charge in [-0.1, -0.05) is 6.42 Å². The van der Waals surface area contributed by atoms with E-state index in [1.165, 1.54) is 19.3 Å². The van der Waals surface area contributed by atoms with Gasteiger partial charge in [0.25, 0.3) is 0 Å². The van der Waals surface area contributed by atoms with E-state index in [2.05, 4.69) is 15.6 Å². The lowest BCUT2D eigenvalue weighted by Gasteiger charge is -2.42. The monoisotopic (exact) mass is 399 g/mol. The molecule has 0 unspecified atom stereocenters. The van der Waals surface area contributed by atoms with Gasteiger partial charge in [-0.3, -0.25) is 4.99 Å². The van der Waals surface area contributed by atoms with E-state index in [1.807, 2.05) is 7.05 Å². The zero-order valence-corrected chi connectivity index (χ0v) is 15.4. The number of aliphatic imine (C=N–C) groups is 1. The van der Waals surface area contributed by atoms with Crippen LogP contribution in [0.2, 0.25) is 0 Å². The molecule has 20 heavy (non-hydrogen) atoms. The molecule has 6 heteroatoms. The number of halogens is 1. The van der Waals surface area contributed by atoms with E-state index in [0.29, 0.717) is 5.41 Å². The van der Waals surface area contributed by atoms with Crippen LogP contribution >= 0.6 is 24.0 Å². The molecule has 0 aromatic rings. The molecule has 0 saturated heterocycles. The summed E-state index contributed by atoms with van der Waals surface area (Å²) in [4.78, 5) is 4.25. The molecule has 1 fully saturated rings. The van der Waals surface area contributed by atoms with Crippen LogP contribution < -0.4 is 10.6 Å². The van der Waals surface area contributed by atoms with Crippen molar-refractivity contribution in [2.75, 3.05) is 47.6 Å². The Morgan fingerprint density at radius 3 is 2.35 bits per heavy atom. The van der Waals surface area contributed by atoms with Crippen molar-refractivity contribution in [2.45, 2.75) is 32.1 Å². The van der Waals surface area contributed by atoms with Gasteiger partial charge >= 0.3 is 0 Å². The maximum Gasteiger partial charge on any atom is 0.190 e. The van der Waals surface area contributed by atoms with Gasteiger partial charge in [-0.15, -0.1) is 24.0 Å². The highest BCUT2D eigenvalue weighted by Gasteiger charge is 2.36. The average molecular weight is 399 g/mol. The minimum Gasteiger partial charge on any atom is -0.385 e. The summed E-state index contributed by atoms with van der Waals surface area (Å²) in [6.07, 6.45) is 6.06. The summed E-state index contributed by atoms with van der Waals surface area (Å²) in [6.45, 7) is 3.50. The molecule has 0 atom stereocenters. The highest BCUT2D eigenvalue weighted by Crippen LogP contribution is 2.43. The molecule has 0 radical (unpaired) electrons. The molecule has 1 rings (SSSR count). The van der Waals surface area contributed by atoms with E-state index in [4.69, 9.17) is 9.47 Å². The largest absolute Gasteiger partial charge is 0.385 e. The third-order valence-corrected chi connectivity index (χ3v) is 3.92. The normalized spacial score (nSPS) is 17.1. The van der Waals surface area contributed by atoms with Crippen LogP contribution in [0.4, 0.5) is 0 Å². The fourth-order valence-electron chi connectivity index (χ4n) is 2.43. The Hall–Kier alpha value is -0.0800. The number of hydrogen-bond acceptors (Lipinski definition) is 3. The summed E-state index contributed by atoms with van der Waals surface area (Å²) in [5.41, 5.74) is 0.417. The lowest BCUT2D eigenvalue weighted by Crippen LogP contribution is -2.47. The highest BCUT2D eigenvalue weighted by molar-refractivity contribution is 14.0. The first-order valence-corrected chi connectivity index (χ1v) is 7.19. The number of methoxy groups -OCH3 is 2. The molecule has 5 nitrogen and oxygen atoms in total. The third kappa shape index (κ3) is 7.08. The molecule has 0 aliphatic heterocycles. The fourth-order valence-corrected chi connectivity index (χ4v) is 2.43. The van der Waals surface area contributed by atoms with Gasteiger partial charge < -0.3 is 20.1 Å². The van der Waals surface area contributed by atoms with Gasteiger partial charge in [0.15, 0.2) is 5.96 Å². The summed E-state index contributed by atoms with van der Waals surface area (Å²) in [5, 5.41) is 6.75. The van der Waals surface area contributed by atoms with Gasteiger partial charge in [0.1, 0.15) is 0 Å². The first-order chi connectivity index (χ1) is 9.26. The molecule has 0 heterocycles. The van der Waals surface area contributed by atoms with E-state index in [0.717, 1.165) is 45.1 Å². The lowest BCUT2D eigenvalue weighted by atomic mass is 9.67. The number of hydrogen-bond donors (Lipinski definition) is 2. The first kappa shape index (κ1) is 19.9. The molecule has 0 aromatic carbocycles. The van der Waals surface area contributed by atoms with Crippen molar-refractivity contribution in [3.8, 4) is 0 Å². The van der Waals surface area contributed by atoms with Crippen molar-refractivity contribution >= 4 is 29.9 Å². The van der Waals surface area contributed by atoms with Crippen LogP contribution in [0, 0.1) is 5.41 Å². The summed E-state index contributed by atoms with van der Waals surface area (Å²) >= 11 is 0. The van der Waals surface area contributed by atoms with Gasteiger partial charge in [-0.25, -0.2) is 0 Å². The molecule has 0 aromatic heterocycles. The van der Waals surface area contributed by atoms with Crippen molar-refractivity contribution in [1.82, 2.24) is 10.6 Å². The van der Waals surface area contributed by atoms with Gasteiger partial charge in [0, 0.05) is 47.6 Å². The van der Waals surface area contributed by atoms with Crippen LogP contribution in [0.25, 0.3) is 0 Å².